The van der Waals surface area contributed by atoms with Gasteiger partial charge in [0.1, 0.15) is 17.3 Å². The number of amides is 3. The molecule has 2 aromatic rings. The summed E-state index contributed by atoms with van der Waals surface area (Å²) in [6.07, 6.45) is 3.11. The van der Waals surface area contributed by atoms with Crippen LogP contribution in [0.4, 0.5) is 16.3 Å². The van der Waals surface area contributed by atoms with E-state index >= 15 is 0 Å². The fraction of sp³-hybridized carbons (Fsp3) is 0.464. The number of carbonyl (C=O) groups is 2. The topological polar surface area (TPSA) is 142 Å². The maximum atomic E-state index is 13.1. The van der Waals surface area contributed by atoms with E-state index in [4.69, 9.17) is 19.2 Å². The summed E-state index contributed by atoms with van der Waals surface area (Å²) in [6, 6.07) is 6.64. The Morgan fingerprint density at radius 2 is 1.95 bits per heavy atom. The number of fused-ring (bicyclic) bond motifs is 3. The van der Waals surface area contributed by atoms with E-state index in [2.05, 4.69) is 30.8 Å². The van der Waals surface area contributed by atoms with Crippen LogP contribution in [-0.2, 0) is 4.74 Å². The zero-order chi connectivity index (χ0) is 28.6. The number of hydrogen-bond acceptors (Lipinski definition) is 10. The lowest BCUT2D eigenvalue weighted by molar-refractivity contribution is 0.0357. The summed E-state index contributed by atoms with van der Waals surface area (Å²) in [7, 11) is 1.58. The molecule has 3 aliphatic heterocycles. The molecule has 3 N–H and O–H groups in total. The third-order valence-corrected chi connectivity index (χ3v) is 6.86. The molecular weight excluding hydrogens is 528 g/mol. The van der Waals surface area contributed by atoms with Crippen molar-refractivity contribution in [3.8, 4) is 11.5 Å². The highest BCUT2D eigenvalue weighted by Crippen LogP contribution is 2.43. The highest BCUT2D eigenvalue weighted by atomic mass is 16.5. The lowest BCUT2D eigenvalue weighted by atomic mass is 10.1. The van der Waals surface area contributed by atoms with Crippen molar-refractivity contribution in [3.05, 3.63) is 41.6 Å². The van der Waals surface area contributed by atoms with E-state index in [9.17, 15) is 9.59 Å². The maximum absolute atomic E-state index is 13.1. The first-order chi connectivity index (χ1) is 20.1. The predicted octanol–water partition coefficient (Wildman–Crippen LogP) is 2.22. The molecule has 218 valence electrons. The van der Waals surface area contributed by atoms with E-state index in [-0.39, 0.29) is 11.9 Å². The van der Waals surface area contributed by atoms with E-state index in [0.29, 0.717) is 60.8 Å². The molecule has 1 fully saturated rings. The second-order valence-corrected chi connectivity index (χ2v) is 9.71. The molecule has 3 amide bonds. The van der Waals surface area contributed by atoms with Gasteiger partial charge in [-0.05, 0) is 37.1 Å². The van der Waals surface area contributed by atoms with Crippen molar-refractivity contribution in [1.29, 1.82) is 0 Å². The average Bonchev–Trinajstić information content (AvgIpc) is 3.50. The van der Waals surface area contributed by atoms with Gasteiger partial charge in [0.25, 0.3) is 5.91 Å². The van der Waals surface area contributed by atoms with Gasteiger partial charge in [-0.15, -0.1) is 0 Å². The second-order valence-electron chi connectivity index (χ2n) is 9.71. The SMILES string of the molecule is CCCNC(=O)Nc1ccc(C(=O)NC2=Nc3c(ccc(OCCCN4CCOCC4)c3OC)C3=NCCN23)cn1. The molecule has 1 aromatic carbocycles. The number of aromatic nitrogens is 1. The number of ether oxygens (including phenoxy) is 3. The zero-order valence-electron chi connectivity index (χ0n) is 23.4. The van der Waals surface area contributed by atoms with Crippen LogP contribution in [-0.4, -0.2) is 105 Å². The van der Waals surface area contributed by atoms with Crippen molar-refractivity contribution in [2.45, 2.75) is 19.8 Å². The number of rotatable bonds is 10. The molecule has 0 saturated carbocycles. The summed E-state index contributed by atoms with van der Waals surface area (Å²) < 4.78 is 17.3. The number of nitrogens with one attached hydrogen (secondary N) is 3. The van der Waals surface area contributed by atoms with E-state index in [0.717, 1.165) is 57.1 Å². The van der Waals surface area contributed by atoms with Crippen LogP contribution in [0.3, 0.4) is 0 Å². The second kappa shape index (κ2) is 13.4. The van der Waals surface area contributed by atoms with Gasteiger partial charge in [-0.2, -0.15) is 0 Å². The van der Waals surface area contributed by atoms with Crippen LogP contribution in [0.1, 0.15) is 35.7 Å². The van der Waals surface area contributed by atoms with Crippen molar-refractivity contribution >= 4 is 35.2 Å². The van der Waals surface area contributed by atoms with Crippen LogP contribution in [0, 0.1) is 0 Å². The van der Waals surface area contributed by atoms with Gasteiger partial charge in [-0.25, -0.2) is 14.8 Å². The van der Waals surface area contributed by atoms with Gasteiger partial charge in [0.05, 0.1) is 39.0 Å². The minimum Gasteiger partial charge on any atom is -0.491 e. The molecule has 0 spiro atoms. The maximum Gasteiger partial charge on any atom is 0.320 e. The quantitative estimate of drug-likeness (QED) is 0.373. The number of pyridine rings is 1. The first-order valence-corrected chi connectivity index (χ1v) is 13.9. The molecule has 0 unspecified atom stereocenters. The number of benzene rings is 1. The fourth-order valence-corrected chi connectivity index (χ4v) is 4.77. The fourth-order valence-electron chi connectivity index (χ4n) is 4.77. The molecule has 13 nitrogen and oxygen atoms in total. The van der Waals surface area contributed by atoms with Crippen LogP contribution in [0.2, 0.25) is 0 Å². The Morgan fingerprint density at radius 3 is 2.71 bits per heavy atom. The monoisotopic (exact) mass is 564 g/mol. The Hall–Kier alpha value is -4.23. The lowest BCUT2D eigenvalue weighted by Crippen LogP contribution is -2.47. The molecule has 3 aliphatic rings. The normalized spacial score (nSPS) is 16.2. The standard InChI is InChI=1S/C28H36N8O5/c1-3-9-30-28(38)32-22-8-5-19(18-31-22)26(37)34-27-33-23-20(25-29-10-12-36(25)27)6-7-21(24(23)39-2)41-15-4-11-35-13-16-40-17-14-35/h5-8,18H,3-4,9-17H2,1-2H3,(H,33,34,37)(H2,30,31,32,38). The summed E-state index contributed by atoms with van der Waals surface area (Å²) in [5.74, 6) is 2.11. The van der Waals surface area contributed by atoms with Gasteiger partial charge in [0.2, 0.25) is 5.96 Å². The first-order valence-electron chi connectivity index (χ1n) is 13.9. The number of anilines is 1. The van der Waals surface area contributed by atoms with Gasteiger partial charge in [0, 0.05) is 44.5 Å². The van der Waals surface area contributed by atoms with Crippen molar-refractivity contribution in [3.63, 3.8) is 0 Å². The molecule has 5 rings (SSSR count). The number of morpholine rings is 1. The average molecular weight is 565 g/mol. The van der Waals surface area contributed by atoms with E-state index in [1.807, 2.05) is 24.0 Å². The van der Waals surface area contributed by atoms with E-state index in [1.165, 1.54) is 6.20 Å². The molecule has 0 aliphatic carbocycles. The summed E-state index contributed by atoms with van der Waals surface area (Å²) in [4.78, 5) is 42.9. The molecule has 0 bridgehead atoms. The Morgan fingerprint density at radius 1 is 1.10 bits per heavy atom. The Bertz CT molecular complexity index is 1310. The van der Waals surface area contributed by atoms with Crippen LogP contribution in [0.15, 0.2) is 40.4 Å². The summed E-state index contributed by atoms with van der Waals surface area (Å²) in [5.41, 5.74) is 1.69. The van der Waals surface area contributed by atoms with Gasteiger partial charge in [0.15, 0.2) is 11.5 Å². The molecule has 0 radical (unpaired) electrons. The Kier molecular flexibility index (Phi) is 9.26. The van der Waals surface area contributed by atoms with Gasteiger partial charge in [-0.3, -0.25) is 30.2 Å². The minimum atomic E-state index is -0.387. The summed E-state index contributed by atoms with van der Waals surface area (Å²) in [6.45, 7) is 8.59. The lowest BCUT2D eigenvalue weighted by Gasteiger charge is -2.29. The van der Waals surface area contributed by atoms with Gasteiger partial charge < -0.3 is 19.5 Å². The smallest absolute Gasteiger partial charge is 0.320 e. The molecule has 41 heavy (non-hydrogen) atoms. The predicted molar refractivity (Wildman–Crippen MR) is 155 cm³/mol. The zero-order valence-corrected chi connectivity index (χ0v) is 23.4. The van der Waals surface area contributed by atoms with Crippen LogP contribution in [0.25, 0.3) is 0 Å². The van der Waals surface area contributed by atoms with Crippen molar-refractivity contribution in [1.82, 2.24) is 25.4 Å². The van der Waals surface area contributed by atoms with Crippen LogP contribution in [0.5, 0.6) is 11.5 Å². The number of amidine groups is 1. The number of carbonyl (C=O) groups excluding carboxylic acids is 2. The van der Waals surface area contributed by atoms with Crippen molar-refractivity contribution < 1.29 is 23.8 Å². The number of guanidine groups is 1. The van der Waals surface area contributed by atoms with Crippen LogP contribution >= 0.6 is 0 Å². The minimum absolute atomic E-state index is 0.319. The third-order valence-electron chi connectivity index (χ3n) is 6.86. The van der Waals surface area contributed by atoms with Gasteiger partial charge in [-0.1, -0.05) is 6.92 Å². The highest BCUT2D eigenvalue weighted by Gasteiger charge is 2.33. The van der Waals surface area contributed by atoms with Gasteiger partial charge >= 0.3 is 6.03 Å². The summed E-state index contributed by atoms with van der Waals surface area (Å²) in [5, 5.41) is 8.26. The highest BCUT2D eigenvalue weighted by molar-refractivity contribution is 6.20. The summed E-state index contributed by atoms with van der Waals surface area (Å²) >= 11 is 0. The van der Waals surface area contributed by atoms with E-state index in [1.54, 1.807) is 19.2 Å². The molecule has 13 heteroatoms. The Balaban J connectivity index is 1.28. The number of aliphatic imine (C=N–C) groups is 2. The molecule has 1 saturated heterocycles. The number of urea groups is 1. The number of nitrogens with zero attached hydrogens (tertiary/aromatic N) is 5. The largest absolute Gasteiger partial charge is 0.491 e. The number of hydrogen-bond donors (Lipinski definition) is 3. The van der Waals surface area contributed by atoms with E-state index < -0.39 is 0 Å². The van der Waals surface area contributed by atoms with Crippen LogP contribution < -0.4 is 25.4 Å². The molecule has 0 atom stereocenters. The van der Waals surface area contributed by atoms with Crippen molar-refractivity contribution in [2.24, 2.45) is 9.98 Å². The molecular formula is C28H36N8O5. The third kappa shape index (κ3) is 6.74. The number of methoxy groups -OCH3 is 1. The molecule has 1 aromatic heterocycles. The first kappa shape index (κ1) is 28.3. The molecule has 4 heterocycles. The van der Waals surface area contributed by atoms with Crippen molar-refractivity contribution in [2.75, 3.05) is 71.5 Å². The Labute approximate surface area is 239 Å².